The van der Waals surface area contributed by atoms with Crippen LogP contribution in [0, 0.1) is 6.92 Å². The zero-order valence-electron chi connectivity index (χ0n) is 12.2. The molecule has 0 N–H and O–H groups in total. The van der Waals surface area contributed by atoms with Gasteiger partial charge in [-0.15, -0.1) is 0 Å². The third kappa shape index (κ3) is 1.75. The lowest BCUT2D eigenvalue weighted by atomic mass is 10.1. The molecular formula is C17H13N3O2. The largest absolute Gasteiger partial charge is 0.430 e. The summed E-state index contributed by atoms with van der Waals surface area (Å²) in [6, 6.07) is 11.9. The molecule has 4 aromatic rings. The number of fused-ring (bicyclic) bond motifs is 3. The summed E-state index contributed by atoms with van der Waals surface area (Å²) in [5.41, 5.74) is 3.88. The van der Waals surface area contributed by atoms with Crippen LogP contribution in [0.15, 0.2) is 51.9 Å². The molecule has 0 radical (unpaired) electrons. The molecule has 4 rings (SSSR count). The first-order valence-electron chi connectivity index (χ1n) is 6.96. The van der Waals surface area contributed by atoms with E-state index >= 15 is 0 Å². The second kappa shape index (κ2) is 4.53. The molecule has 108 valence electrons. The Labute approximate surface area is 125 Å². The first-order chi connectivity index (χ1) is 10.6. The molecule has 0 aliphatic heterocycles. The molecule has 0 spiro atoms. The molecule has 0 bridgehead atoms. The van der Waals surface area contributed by atoms with Crippen LogP contribution in [0.4, 0.5) is 0 Å². The smallest absolute Gasteiger partial charge is 0.296 e. The summed E-state index contributed by atoms with van der Waals surface area (Å²) in [6.07, 6.45) is 1.50. The number of hydrogen-bond donors (Lipinski definition) is 0. The maximum atomic E-state index is 12.2. The van der Waals surface area contributed by atoms with Gasteiger partial charge >= 0.3 is 0 Å². The van der Waals surface area contributed by atoms with Crippen molar-refractivity contribution in [3.63, 3.8) is 0 Å². The Bertz CT molecular complexity index is 1060. The average Bonchev–Trinajstić information content (AvgIpc) is 2.91. The summed E-state index contributed by atoms with van der Waals surface area (Å²) in [5, 5.41) is 0.799. The van der Waals surface area contributed by atoms with E-state index in [1.807, 2.05) is 43.3 Å². The Morgan fingerprint density at radius 2 is 1.95 bits per heavy atom. The Morgan fingerprint density at radius 1 is 1.18 bits per heavy atom. The standard InChI is InChI=1S/C17H13N3O2/c1-10-8-12(11-6-4-3-5-7-11)19-16-13(10)14-15(22-16)17(21)20(2)9-18-14/h3-9H,1-2H3. The summed E-state index contributed by atoms with van der Waals surface area (Å²) < 4.78 is 7.10. The summed E-state index contributed by atoms with van der Waals surface area (Å²) in [7, 11) is 1.65. The number of aryl methyl sites for hydroxylation is 2. The lowest BCUT2D eigenvalue weighted by molar-refractivity contribution is 0.639. The molecular weight excluding hydrogens is 278 g/mol. The Hall–Kier alpha value is -2.95. The van der Waals surface area contributed by atoms with Gasteiger partial charge in [0.2, 0.25) is 11.3 Å². The SMILES string of the molecule is Cc1cc(-c2ccccc2)nc2oc3c(=O)n(C)cnc3c12. The van der Waals surface area contributed by atoms with Crippen LogP contribution in [0.5, 0.6) is 0 Å². The number of furan rings is 1. The Kier molecular flexibility index (Phi) is 2.63. The fourth-order valence-electron chi connectivity index (χ4n) is 2.65. The van der Waals surface area contributed by atoms with Gasteiger partial charge in [-0.2, -0.15) is 0 Å². The molecule has 5 nitrogen and oxygen atoms in total. The van der Waals surface area contributed by atoms with E-state index in [2.05, 4.69) is 9.97 Å². The topological polar surface area (TPSA) is 60.9 Å². The molecule has 0 atom stereocenters. The van der Waals surface area contributed by atoms with E-state index in [4.69, 9.17) is 4.42 Å². The van der Waals surface area contributed by atoms with Crippen molar-refractivity contribution in [3.8, 4) is 11.3 Å². The second-order valence-corrected chi connectivity index (χ2v) is 5.31. The van der Waals surface area contributed by atoms with Crippen molar-refractivity contribution in [2.24, 2.45) is 7.05 Å². The van der Waals surface area contributed by atoms with Crippen LogP contribution in [0.3, 0.4) is 0 Å². The molecule has 0 saturated heterocycles. The van der Waals surface area contributed by atoms with Crippen molar-refractivity contribution in [3.05, 3.63) is 58.6 Å². The van der Waals surface area contributed by atoms with Gasteiger partial charge < -0.3 is 4.42 Å². The van der Waals surface area contributed by atoms with Gasteiger partial charge in [-0.1, -0.05) is 30.3 Å². The molecule has 0 aliphatic carbocycles. The minimum Gasteiger partial charge on any atom is -0.430 e. The fourth-order valence-corrected chi connectivity index (χ4v) is 2.65. The van der Waals surface area contributed by atoms with Crippen LogP contribution >= 0.6 is 0 Å². The maximum absolute atomic E-state index is 12.2. The molecule has 3 heterocycles. The van der Waals surface area contributed by atoms with E-state index in [1.165, 1.54) is 10.9 Å². The van der Waals surface area contributed by atoms with Gasteiger partial charge in [0.25, 0.3) is 5.56 Å². The van der Waals surface area contributed by atoms with Crippen LogP contribution in [0.1, 0.15) is 5.56 Å². The Morgan fingerprint density at radius 3 is 2.73 bits per heavy atom. The summed E-state index contributed by atoms with van der Waals surface area (Å²) in [6.45, 7) is 1.98. The lowest BCUT2D eigenvalue weighted by Crippen LogP contribution is -2.15. The third-order valence-corrected chi connectivity index (χ3v) is 3.78. The summed E-state index contributed by atoms with van der Waals surface area (Å²) in [5.74, 6) is 0. The van der Waals surface area contributed by atoms with Crippen molar-refractivity contribution in [1.29, 1.82) is 0 Å². The molecule has 0 unspecified atom stereocenters. The number of benzene rings is 1. The van der Waals surface area contributed by atoms with Gasteiger partial charge in [-0.3, -0.25) is 9.36 Å². The molecule has 0 aliphatic rings. The van der Waals surface area contributed by atoms with E-state index in [1.54, 1.807) is 7.05 Å². The van der Waals surface area contributed by atoms with E-state index in [0.717, 1.165) is 22.2 Å². The molecule has 3 aromatic heterocycles. The highest BCUT2D eigenvalue weighted by atomic mass is 16.3. The Balaban J connectivity index is 2.09. The van der Waals surface area contributed by atoms with E-state index in [9.17, 15) is 4.79 Å². The first-order valence-corrected chi connectivity index (χ1v) is 6.96. The van der Waals surface area contributed by atoms with Gasteiger partial charge in [-0.05, 0) is 18.6 Å². The van der Waals surface area contributed by atoms with Gasteiger partial charge in [0.05, 0.1) is 17.4 Å². The van der Waals surface area contributed by atoms with Gasteiger partial charge in [0.15, 0.2) is 0 Å². The zero-order chi connectivity index (χ0) is 15.3. The second-order valence-electron chi connectivity index (χ2n) is 5.31. The normalized spacial score (nSPS) is 11.4. The van der Waals surface area contributed by atoms with Crippen molar-refractivity contribution in [2.45, 2.75) is 6.92 Å². The van der Waals surface area contributed by atoms with Crippen LogP contribution in [0.25, 0.3) is 33.5 Å². The van der Waals surface area contributed by atoms with Crippen LogP contribution < -0.4 is 5.56 Å². The van der Waals surface area contributed by atoms with Gasteiger partial charge in [0.1, 0.15) is 5.52 Å². The molecule has 5 heteroatoms. The molecule has 22 heavy (non-hydrogen) atoms. The molecule has 0 amide bonds. The third-order valence-electron chi connectivity index (χ3n) is 3.78. The number of pyridine rings is 1. The number of nitrogens with zero attached hydrogens (tertiary/aromatic N) is 3. The zero-order valence-corrected chi connectivity index (χ0v) is 12.2. The summed E-state index contributed by atoms with van der Waals surface area (Å²) >= 11 is 0. The average molecular weight is 291 g/mol. The predicted molar refractivity (Wildman–Crippen MR) is 84.7 cm³/mol. The maximum Gasteiger partial charge on any atom is 0.296 e. The first kappa shape index (κ1) is 12.8. The van der Waals surface area contributed by atoms with Crippen LogP contribution in [-0.4, -0.2) is 14.5 Å². The number of rotatable bonds is 1. The number of hydrogen-bond acceptors (Lipinski definition) is 4. The number of aromatic nitrogens is 3. The summed E-state index contributed by atoms with van der Waals surface area (Å²) in [4.78, 5) is 21.0. The van der Waals surface area contributed by atoms with Crippen molar-refractivity contribution in [2.75, 3.05) is 0 Å². The van der Waals surface area contributed by atoms with Crippen LogP contribution in [-0.2, 0) is 7.05 Å². The molecule has 1 aromatic carbocycles. The highest BCUT2D eigenvalue weighted by molar-refractivity contribution is 6.03. The quantitative estimate of drug-likeness (QED) is 0.541. The highest BCUT2D eigenvalue weighted by Gasteiger charge is 2.16. The van der Waals surface area contributed by atoms with E-state index in [-0.39, 0.29) is 11.1 Å². The van der Waals surface area contributed by atoms with Gasteiger partial charge in [-0.25, -0.2) is 9.97 Å². The fraction of sp³-hybridized carbons (Fsp3) is 0.118. The monoisotopic (exact) mass is 291 g/mol. The minimum atomic E-state index is -0.205. The minimum absolute atomic E-state index is 0.205. The van der Waals surface area contributed by atoms with Gasteiger partial charge in [0, 0.05) is 12.6 Å². The van der Waals surface area contributed by atoms with E-state index in [0.29, 0.717) is 11.2 Å². The van der Waals surface area contributed by atoms with Crippen molar-refractivity contribution in [1.82, 2.24) is 14.5 Å². The predicted octanol–water partition coefficient (Wildman–Crippen LogP) is 3.05. The highest BCUT2D eigenvalue weighted by Crippen LogP contribution is 2.29. The molecule has 0 saturated carbocycles. The van der Waals surface area contributed by atoms with Crippen molar-refractivity contribution < 1.29 is 4.42 Å². The van der Waals surface area contributed by atoms with Crippen molar-refractivity contribution >= 4 is 22.2 Å². The van der Waals surface area contributed by atoms with Crippen LogP contribution in [0.2, 0.25) is 0 Å². The molecule has 0 fully saturated rings. The van der Waals surface area contributed by atoms with E-state index < -0.39 is 0 Å². The lowest BCUT2D eigenvalue weighted by Gasteiger charge is -2.02.